The fraction of sp³-hybridized carbons (Fsp3) is 0.529. The zero-order chi connectivity index (χ0) is 17.5. The third-order valence-electron chi connectivity index (χ3n) is 4.42. The van der Waals surface area contributed by atoms with Crippen molar-refractivity contribution in [3.8, 4) is 0 Å². The lowest BCUT2D eigenvalue weighted by Crippen LogP contribution is -2.52. The molecule has 0 spiro atoms. The summed E-state index contributed by atoms with van der Waals surface area (Å²) in [5.41, 5.74) is 0.384. The number of morpholine rings is 1. The van der Waals surface area contributed by atoms with Gasteiger partial charge in [-0.15, -0.1) is 0 Å². The van der Waals surface area contributed by atoms with E-state index in [-0.39, 0.29) is 11.7 Å². The van der Waals surface area contributed by atoms with Crippen molar-refractivity contribution < 1.29 is 13.9 Å². The lowest BCUT2D eigenvalue weighted by Gasteiger charge is -2.32. The Balaban J connectivity index is 1.89. The van der Waals surface area contributed by atoms with Crippen molar-refractivity contribution in [2.45, 2.75) is 25.5 Å². The van der Waals surface area contributed by atoms with Crippen LogP contribution in [-0.4, -0.2) is 53.4 Å². The maximum Gasteiger partial charge on any atom is 0.251 e. The number of aryl methyl sites for hydroxylation is 1. The van der Waals surface area contributed by atoms with Crippen LogP contribution in [0.4, 0.5) is 4.39 Å². The first kappa shape index (κ1) is 16.9. The predicted molar refractivity (Wildman–Crippen MR) is 89.1 cm³/mol. The summed E-state index contributed by atoms with van der Waals surface area (Å²) in [5.74, 6) is -0.548. The largest absolute Gasteiger partial charge is 0.366 e. The molecular formula is C17H23FN4O2. The SMILES string of the molecule is CN1CCO[C@H](C(=O)NC(C)(C)c2nn(C)c3cccc(F)c23)C1. The minimum Gasteiger partial charge on any atom is -0.366 e. The van der Waals surface area contributed by atoms with Gasteiger partial charge in [0.2, 0.25) is 0 Å². The van der Waals surface area contributed by atoms with Crippen LogP contribution >= 0.6 is 0 Å². The first-order valence-electron chi connectivity index (χ1n) is 8.03. The normalized spacial score (nSPS) is 19.6. The topological polar surface area (TPSA) is 59.4 Å². The van der Waals surface area contributed by atoms with Gasteiger partial charge in [0.15, 0.2) is 0 Å². The van der Waals surface area contributed by atoms with Crippen LogP contribution in [0.15, 0.2) is 18.2 Å². The monoisotopic (exact) mass is 334 g/mol. The number of rotatable bonds is 3. The van der Waals surface area contributed by atoms with Gasteiger partial charge in [0, 0.05) is 20.1 Å². The van der Waals surface area contributed by atoms with Gasteiger partial charge in [0.05, 0.1) is 28.7 Å². The summed E-state index contributed by atoms with van der Waals surface area (Å²) in [6.45, 7) is 5.52. The van der Waals surface area contributed by atoms with Crippen LogP contribution in [0.2, 0.25) is 0 Å². The van der Waals surface area contributed by atoms with Crippen molar-refractivity contribution in [2.75, 3.05) is 26.7 Å². The number of carbonyl (C=O) groups is 1. The Morgan fingerprint density at radius 2 is 2.17 bits per heavy atom. The van der Waals surface area contributed by atoms with Crippen LogP contribution < -0.4 is 5.32 Å². The van der Waals surface area contributed by atoms with Gasteiger partial charge in [-0.3, -0.25) is 9.48 Å². The second-order valence-corrected chi connectivity index (χ2v) is 6.84. The Morgan fingerprint density at radius 1 is 1.42 bits per heavy atom. The lowest BCUT2D eigenvalue weighted by atomic mass is 9.96. The van der Waals surface area contributed by atoms with Crippen molar-refractivity contribution >= 4 is 16.8 Å². The molecule has 1 atom stereocenters. The van der Waals surface area contributed by atoms with Crippen LogP contribution in [0.1, 0.15) is 19.5 Å². The maximum absolute atomic E-state index is 14.3. The number of benzene rings is 1. The number of fused-ring (bicyclic) bond motifs is 1. The average Bonchev–Trinajstić information content (AvgIpc) is 2.86. The molecule has 1 fully saturated rings. The van der Waals surface area contributed by atoms with Gasteiger partial charge in [0.25, 0.3) is 5.91 Å². The summed E-state index contributed by atoms with van der Waals surface area (Å²) in [6.07, 6.45) is -0.525. The van der Waals surface area contributed by atoms with Gasteiger partial charge in [-0.1, -0.05) is 6.07 Å². The average molecular weight is 334 g/mol. The van der Waals surface area contributed by atoms with Crippen molar-refractivity contribution in [1.29, 1.82) is 0 Å². The summed E-state index contributed by atoms with van der Waals surface area (Å²) >= 11 is 0. The molecule has 1 aromatic carbocycles. The number of nitrogens with one attached hydrogen (secondary N) is 1. The van der Waals surface area contributed by atoms with E-state index in [1.165, 1.54) is 6.07 Å². The quantitative estimate of drug-likeness (QED) is 0.922. The number of aromatic nitrogens is 2. The molecule has 6 nitrogen and oxygen atoms in total. The first-order valence-corrected chi connectivity index (χ1v) is 8.03. The molecule has 24 heavy (non-hydrogen) atoms. The minimum absolute atomic E-state index is 0.207. The Hall–Kier alpha value is -1.99. The summed E-state index contributed by atoms with van der Waals surface area (Å²) in [5, 5.41) is 7.85. The minimum atomic E-state index is -0.821. The molecule has 1 saturated heterocycles. The second kappa shape index (κ2) is 6.14. The smallest absolute Gasteiger partial charge is 0.251 e. The maximum atomic E-state index is 14.3. The third kappa shape index (κ3) is 3.01. The summed E-state index contributed by atoms with van der Waals surface area (Å²) < 4.78 is 21.5. The number of ether oxygens (including phenoxy) is 1. The van der Waals surface area contributed by atoms with E-state index in [0.29, 0.717) is 29.7 Å². The lowest BCUT2D eigenvalue weighted by molar-refractivity contribution is -0.139. The molecule has 0 aliphatic carbocycles. The molecular weight excluding hydrogens is 311 g/mol. The van der Waals surface area contributed by atoms with Crippen molar-refractivity contribution in [2.24, 2.45) is 7.05 Å². The van der Waals surface area contributed by atoms with Crippen LogP contribution in [0, 0.1) is 5.82 Å². The summed E-state index contributed by atoms with van der Waals surface area (Å²) in [6, 6.07) is 4.87. The van der Waals surface area contributed by atoms with Gasteiger partial charge in [-0.05, 0) is 33.0 Å². The molecule has 0 bridgehead atoms. The van der Waals surface area contributed by atoms with E-state index in [1.807, 2.05) is 27.0 Å². The predicted octanol–water partition coefficient (Wildman–Crippen LogP) is 1.39. The van der Waals surface area contributed by atoms with E-state index < -0.39 is 11.6 Å². The van der Waals surface area contributed by atoms with E-state index in [1.54, 1.807) is 17.8 Å². The van der Waals surface area contributed by atoms with E-state index in [9.17, 15) is 9.18 Å². The van der Waals surface area contributed by atoms with Gasteiger partial charge < -0.3 is 15.0 Å². The summed E-state index contributed by atoms with van der Waals surface area (Å²) in [4.78, 5) is 14.6. The van der Waals surface area contributed by atoms with Gasteiger partial charge in [0.1, 0.15) is 11.9 Å². The number of amides is 1. The zero-order valence-corrected chi connectivity index (χ0v) is 14.5. The molecule has 0 unspecified atom stereocenters. The van der Waals surface area contributed by atoms with Crippen molar-refractivity contribution in [3.63, 3.8) is 0 Å². The Labute approximate surface area is 140 Å². The molecule has 1 N–H and O–H groups in total. The molecule has 1 amide bonds. The third-order valence-corrected chi connectivity index (χ3v) is 4.42. The van der Waals surface area contributed by atoms with E-state index in [2.05, 4.69) is 15.3 Å². The molecule has 2 aromatic rings. The highest BCUT2D eigenvalue weighted by atomic mass is 19.1. The number of halogens is 1. The Kier molecular flexibility index (Phi) is 4.31. The number of likely N-dealkylation sites (N-methyl/N-ethyl adjacent to an activating group) is 1. The first-order chi connectivity index (χ1) is 11.3. The Bertz CT molecular complexity index is 771. The molecule has 7 heteroatoms. The fourth-order valence-corrected chi connectivity index (χ4v) is 3.09. The molecule has 0 radical (unpaired) electrons. The van der Waals surface area contributed by atoms with E-state index in [0.717, 1.165) is 6.54 Å². The number of carbonyl (C=O) groups excluding carboxylic acids is 1. The second-order valence-electron chi connectivity index (χ2n) is 6.84. The molecule has 3 rings (SSSR count). The fourth-order valence-electron chi connectivity index (χ4n) is 3.09. The van der Waals surface area contributed by atoms with Crippen molar-refractivity contribution in [3.05, 3.63) is 29.7 Å². The zero-order valence-electron chi connectivity index (χ0n) is 14.5. The van der Waals surface area contributed by atoms with Gasteiger partial charge in [-0.2, -0.15) is 5.10 Å². The number of hydrogen-bond acceptors (Lipinski definition) is 4. The van der Waals surface area contributed by atoms with Crippen LogP contribution in [0.25, 0.3) is 10.9 Å². The standard InChI is InChI=1S/C17H23FN4O2/c1-17(2,19-16(23)13-10-21(3)8-9-24-13)15-14-11(18)6-5-7-12(14)22(4)20-15/h5-7,13H,8-10H2,1-4H3,(H,19,23)/t13-/m0/s1. The highest BCUT2D eigenvalue weighted by molar-refractivity contribution is 5.86. The molecule has 0 saturated carbocycles. The molecule has 1 aliphatic rings. The van der Waals surface area contributed by atoms with E-state index >= 15 is 0 Å². The van der Waals surface area contributed by atoms with Crippen LogP contribution in [-0.2, 0) is 22.1 Å². The van der Waals surface area contributed by atoms with Crippen molar-refractivity contribution in [1.82, 2.24) is 20.0 Å². The molecule has 2 heterocycles. The number of hydrogen-bond donors (Lipinski definition) is 1. The molecule has 1 aromatic heterocycles. The Morgan fingerprint density at radius 3 is 2.88 bits per heavy atom. The number of nitrogens with zero attached hydrogens (tertiary/aromatic N) is 3. The van der Waals surface area contributed by atoms with Crippen LogP contribution in [0.3, 0.4) is 0 Å². The summed E-state index contributed by atoms with van der Waals surface area (Å²) in [7, 11) is 3.72. The molecule has 130 valence electrons. The van der Waals surface area contributed by atoms with Crippen LogP contribution in [0.5, 0.6) is 0 Å². The van der Waals surface area contributed by atoms with E-state index in [4.69, 9.17) is 4.74 Å². The van der Waals surface area contributed by atoms with Gasteiger partial charge >= 0.3 is 0 Å². The highest BCUT2D eigenvalue weighted by Gasteiger charge is 2.34. The molecule has 1 aliphatic heterocycles. The van der Waals surface area contributed by atoms with Gasteiger partial charge in [-0.25, -0.2) is 4.39 Å². The highest BCUT2D eigenvalue weighted by Crippen LogP contribution is 2.29.